The lowest BCUT2D eigenvalue weighted by atomic mass is 10.2. The first-order valence-corrected chi connectivity index (χ1v) is 7.64. The molecule has 0 saturated heterocycles. The summed E-state index contributed by atoms with van der Waals surface area (Å²) < 4.78 is 11.8. The molecule has 3 heterocycles. The van der Waals surface area contributed by atoms with E-state index in [1.807, 2.05) is 18.2 Å². The molecule has 0 radical (unpaired) electrons. The highest BCUT2D eigenvalue weighted by molar-refractivity contribution is 6.01. The van der Waals surface area contributed by atoms with Gasteiger partial charge in [-0.1, -0.05) is 17.3 Å². The summed E-state index contributed by atoms with van der Waals surface area (Å²) in [5.74, 6) is -0.146. The van der Waals surface area contributed by atoms with Crippen molar-refractivity contribution < 1.29 is 13.7 Å². The van der Waals surface area contributed by atoms with Crippen LogP contribution in [0.1, 0.15) is 11.3 Å². The Morgan fingerprint density at radius 2 is 2.08 bits per heavy atom. The Kier molecular flexibility index (Phi) is 3.38. The number of nitrogens with zero attached hydrogens (tertiary/aromatic N) is 3. The predicted octanol–water partition coefficient (Wildman–Crippen LogP) is 2.39. The molecule has 0 aliphatic rings. The third-order valence-electron chi connectivity index (χ3n) is 4.07. The van der Waals surface area contributed by atoms with E-state index < -0.39 is 11.5 Å². The van der Waals surface area contributed by atoms with Gasteiger partial charge in [-0.15, -0.1) is 0 Å². The summed E-state index contributed by atoms with van der Waals surface area (Å²) in [5.41, 5.74) is 2.21. The Balaban J connectivity index is 1.66. The van der Waals surface area contributed by atoms with Crippen LogP contribution in [0.25, 0.3) is 22.1 Å². The first-order chi connectivity index (χ1) is 12.0. The van der Waals surface area contributed by atoms with Crippen molar-refractivity contribution in [3.63, 3.8) is 0 Å². The lowest BCUT2D eigenvalue weighted by Gasteiger charge is -2.05. The molecule has 126 valence electrons. The van der Waals surface area contributed by atoms with Gasteiger partial charge in [-0.25, -0.2) is 4.98 Å². The summed E-state index contributed by atoms with van der Waals surface area (Å²) >= 11 is 0. The van der Waals surface area contributed by atoms with E-state index in [-0.39, 0.29) is 18.0 Å². The first kappa shape index (κ1) is 15.1. The molecule has 0 spiro atoms. The van der Waals surface area contributed by atoms with Crippen LogP contribution < -0.4 is 10.9 Å². The van der Waals surface area contributed by atoms with E-state index in [4.69, 9.17) is 8.94 Å². The quantitative estimate of drug-likeness (QED) is 0.615. The van der Waals surface area contributed by atoms with E-state index in [0.717, 1.165) is 10.9 Å². The van der Waals surface area contributed by atoms with Crippen LogP contribution >= 0.6 is 0 Å². The van der Waals surface area contributed by atoms with Crippen LogP contribution in [-0.4, -0.2) is 20.6 Å². The number of fused-ring (bicyclic) bond motifs is 3. The fourth-order valence-corrected chi connectivity index (χ4v) is 2.58. The van der Waals surface area contributed by atoms with Gasteiger partial charge in [-0.2, -0.15) is 0 Å². The lowest BCUT2D eigenvalue weighted by molar-refractivity contribution is -0.116. The predicted molar refractivity (Wildman–Crippen MR) is 90.4 cm³/mol. The number of hydrogen-bond acceptors (Lipinski definition) is 6. The third-order valence-corrected chi connectivity index (χ3v) is 4.07. The Hall–Kier alpha value is -3.42. The number of benzene rings is 1. The number of para-hydroxylation sites is 1. The molecule has 8 heteroatoms. The summed E-state index contributed by atoms with van der Waals surface area (Å²) in [6.45, 7) is 3.35. The third kappa shape index (κ3) is 2.47. The number of hydrogen-bond donors (Lipinski definition) is 1. The summed E-state index contributed by atoms with van der Waals surface area (Å²) in [4.78, 5) is 29.0. The Bertz CT molecular complexity index is 1170. The van der Waals surface area contributed by atoms with E-state index in [9.17, 15) is 9.59 Å². The number of furan rings is 1. The zero-order valence-corrected chi connectivity index (χ0v) is 13.6. The Labute approximate surface area is 141 Å². The lowest BCUT2D eigenvalue weighted by Crippen LogP contribution is -2.27. The van der Waals surface area contributed by atoms with Crippen molar-refractivity contribution in [2.75, 3.05) is 5.32 Å². The van der Waals surface area contributed by atoms with Crippen molar-refractivity contribution in [3.05, 3.63) is 52.2 Å². The molecule has 1 aromatic carbocycles. The summed E-state index contributed by atoms with van der Waals surface area (Å²) in [6, 6.07) is 7.26. The van der Waals surface area contributed by atoms with Crippen LogP contribution in [0.4, 0.5) is 5.88 Å². The van der Waals surface area contributed by atoms with E-state index in [1.165, 1.54) is 10.9 Å². The van der Waals surface area contributed by atoms with Crippen molar-refractivity contribution in [2.24, 2.45) is 0 Å². The second-order valence-corrected chi connectivity index (χ2v) is 5.72. The maximum atomic E-state index is 12.6. The topological polar surface area (TPSA) is 103 Å². The average Bonchev–Trinajstić information content (AvgIpc) is 3.13. The van der Waals surface area contributed by atoms with Gasteiger partial charge in [0.15, 0.2) is 0 Å². The molecule has 0 aliphatic carbocycles. The molecule has 0 unspecified atom stereocenters. The van der Waals surface area contributed by atoms with Crippen molar-refractivity contribution in [2.45, 2.75) is 20.4 Å². The second-order valence-electron chi connectivity index (χ2n) is 5.72. The van der Waals surface area contributed by atoms with Gasteiger partial charge in [0.2, 0.25) is 17.4 Å². The molecule has 4 rings (SSSR count). The Morgan fingerprint density at radius 3 is 2.84 bits per heavy atom. The molecule has 1 amide bonds. The van der Waals surface area contributed by atoms with Crippen LogP contribution in [0.3, 0.4) is 0 Å². The maximum absolute atomic E-state index is 12.6. The SMILES string of the molecule is Cc1noc(NC(=O)Cn2cnc3c(oc4ccccc43)c2=O)c1C. The highest BCUT2D eigenvalue weighted by Crippen LogP contribution is 2.24. The smallest absolute Gasteiger partial charge is 0.297 e. The van der Waals surface area contributed by atoms with E-state index >= 15 is 0 Å². The standard InChI is InChI=1S/C17H14N4O4/c1-9-10(2)20-25-16(9)19-13(22)7-21-8-18-14-11-5-3-4-6-12(11)24-15(14)17(21)23/h3-6,8H,7H2,1-2H3,(H,19,22). The minimum atomic E-state index is -0.418. The van der Waals surface area contributed by atoms with Crippen LogP contribution in [0.5, 0.6) is 0 Å². The maximum Gasteiger partial charge on any atom is 0.297 e. The molecule has 0 fully saturated rings. The molecular weight excluding hydrogens is 324 g/mol. The molecule has 1 N–H and O–H groups in total. The summed E-state index contributed by atoms with van der Waals surface area (Å²) in [6.07, 6.45) is 1.34. The average molecular weight is 338 g/mol. The van der Waals surface area contributed by atoms with Gasteiger partial charge in [-0.05, 0) is 26.0 Å². The summed E-state index contributed by atoms with van der Waals surface area (Å²) in [7, 11) is 0. The number of aryl methyl sites for hydroxylation is 1. The van der Waals surface area contributed by atoms with Gasteiger partial charge in [0.25, 0.3) is 5.56 Å². The van der Waals surface area contributed by atoms with Crippen LogP contribution in [0.15, 0.2) is 44.3 Å². The van der Waals surface area contributed by atoms with Crippen molar-refractivity contribution in [1.82, 2.24) is 14.7 Å². The van der Waals surface area contributed by atoms with Gasteiger partial charge in [0.1, 0.15) is 17.6 Å². The fourth-order valence-electron chi connectivity index (χ4n) is 2.58. The van der Waals surface area contributed by atoms with Crippen LogP contribution in [-0.2, 0) is 11.3 Å². The molecule has 25 heavy (non-hydrogen) atoms. The molecule has 0 atom stereocenters. The van der Waals surface area contributed by atoms with Gasteiger partial charge in [0, 0.05) is 10.9 Å². The van der Waals surface area contributed by atoms with E-state index in [0.29, 0.717) is 16.8 Å². The molecule has 0 saturated carbocycles. The fraction of sp³-hybridized carbons (Fsp3) is 0.176. The van der Waals surface area contributed by atoms with Crippen LogP contribution in [0.2, 0.25) is 0 Å². The van der Waals surface area contributed by atoms with Gasteiger partial charge in [0.05, 0.1) is 12.0 Å². The highest BCUT2D eigenvalue weighted by Gasteiger charge is 2.16. The number of anilines is 1. The number of rotatable bonds is 3. The number of carbonyl (C=O) groups excluding carboxylic acids is 1. The molecular formula is C17H14N4O4. The number of nitrogens with one attached hydrogen (secondary N) is 1. The molecule has 0 aliphatic heterocycles. The molecule has 3 aromatic heterocycles. The Morgan fingerprint density at radius 1 is 1.28 bits per heavy atom. The minimum Gasteiger partial charge on any atom is -0.448 e. The number of carbonyl (C=O) groups is 1. The molecule has 8 nitrogen and oxygen atoms in total. The minimum absolute atomic E-state index is 0.128. The molecule has 0 bridgehead atoms. The van der Waals surface area contributed by atoms with Crippen LogP contribution in [0, 0.1) is 13.8 Å². The number of aromatic nitrogens is 3. The zero-order valence-electron chi connectivity index (χ0n) is 13.6. The summed E-state index contributed by atoms with van der Waals surface area (Å²) in [5, 5.41) is 7.13. The largest absolute Gasteiger partial charge is 0.448 e. The van der Waals surface area contributed by atoms with Crippen molar-refractivity contribution >= 4 is 33.9 Å². The normalized spacial score (nSPS) is 11.3. The van der Waals surface area contributed by atoms with Crippen molar-refractivity contribution in [3.8, 4) is 0 Å². The van der Waals surface area contributed by atoms with E-state index in [1.54, 1.807) is 19.9 Å². The molecule has 4 aromatic rings. The highest BCUT2D eigenvalue weighted by atomic mass is 16.5. The van der Waals surface area contributed by atoms with Gasteiger partial charge >= 0.3 is 0 Å². The van der Waals surface area contributed by atoms with Crippen molar-refractivity contribution in [1.29, 1.82) is 0 Å². The monoisotopic (exact) mass is 338 g/mol. The number of amides is 1. The van der Waals surface area contributed by atoms with Gasteiger partial charge in [-0.3, -0.25) is 19.5 Å². The van der Waals surface area contributed by atoms with E-state index in [2.05, 4.69) is 15.5 Å². The van der Waals surface area contributed by atoms with Gasteiger partial charge < -0.3 is 8.94 Å². The second kappa shape index (κ2) is 5.59. The first-order valence-electron chi connectivity index (χ1n) is 7.64. The zero-order chi connectivity index (χ0) is 17.6.